The summed E-state index contributed by atoms with van der Waals surface area (Å²) in [4.78, 5) is 25.6. The molecule has 0 unspecified atom stereocenters. The van der Waals surface area contributed by atoms with Crippen LogP contribution in [0.5, 0.6) is 0 Å². The largest absolute Gasteiger partial charge is 0.462 e. The lowest BCUT2D eigenvalue weighted by Gasteiger charge is -2.08. The zero-order valence-corrected chi connectivity index (χ0v) is 17.0. The van der Waals surface area contributed by atoms with Crippen LogP contribution in [0.1, 0.15) is 36.0 Å². The Kier molecular flexibility index (Phi) is 6.56. The number of carbonyl (C=O) groups is 2. The third kappa shape index (κ3) is 4.80. The van der Waals surface area contributed by atoms with Crippen molar-refractivity contribution in [2.45, 2.75) is 27.7 Å². The number of benzene rings is 1. The zero-order chi connectivity index (χ0) is 18.6. The SMILES string of the molecule is CCOC(=O)c1c(NC(=O)C=C(C)C)sc(C)c1-c1ccc(Br)cc1. The first-order valence-electron chi connectivity index (χ1n) is 7.85. The Hall–Kier alpha value is -1.92. The number of esters is 1. The highest BCUT2D eigenvalue weighted by Crippen LogP contribution is 2.40. The lowest BCUT2D eigenvalue weighted by molar-refractivity contribution is -0.111. The van der Waals surface area contributed by atoms with Crippen LogP contribution in [0.2, 0.25) is 0 Å². The molecule has 1 heterocycles. The smallest absolute Gasteiger partial charge is 0.341 e. The van der Waals surface area contributed by atoms with E-state index in [4.69, 9.17) is 4.74 Å². The van der Waals surface area contributed by atoms with Gasteiger partial charge in [0.25, 0.3) is 0 Å². The highest BCUT2D eigenvalue weighted by Gasteiger charge is 2.25. The number of halogens is 1. The van der Waals surface area contributed by atoms with Crippen LogP contribution < -0.4 is 5.32 Å². The van der Waals surface area contributed by atoms with Crippen molar-refractivity contribution in [2.75, 3.05) is 11.9 Å². The molecule has 2 aromatic rings. The van der Waals surface area contributed by atoms with Gasteiger partial charge in [0.2, 0.25) is 5.91 Å². The van der Waals surface area contributed by atoms with E-state index in [9.17, 15) is 9.59 Å². The molecule has 0 aliphatic heterocycles. The molecule has 0 radical (unpaired) electrons. The summed E-state index contributed by atoms with van der Waals surface area (Å²) in [5.74, 6) is -0.688. The molecule has 0 fully saturated rings. The number of rotatable bonds is 5. The van der Waals surface area contributed by atoms with Crippen LogP contribution in [-0.2, 0) is 9.53 Å². The fourth-order valence-electron chi connectivity index (χ4n) is 2.41. The second-order valence-electron chi connectivity index (χ2n) is 5.68. The van der Waals surface area contributed by atoms with Gasteiger partial charge in [0, 0.05) is 21.0 Å². The van der Waals surface area contributed by atoms with Crippen molar-refractivity contribution < 1.29 is 14.3 Å². The summed E-state index contributed by atoms with van der Waals surface area (Å²) >= 11 is 4.79. The third-order valence-corrected chi connectivity index (χ3v) is 4.90. The Morgan fingerprint density at radius 3 is 2.44 bits per heavy atom. The van der Waals surface area contributed by atoms with Crippen LogP contribution >= 0.6 is 27.3 Å². The van der Waals surface area contributed by atoms with Gasteiger partial charge in [-0.05, 0) is 45.4 Å². The fourth-order valence-corrected chi connectivity index (χ4v) is 3.74. The molecule has 0 atom stereocenters. The van der Waals surface area contributed by atoms with Crippen molar-refractivity contribution in [3.8, 4) is 11.1 Å². The molecule has 0 saturated carbocycles. The molecular formula is C19H20BrNO3S. The molecule has 4 nitrogen and oxygen atoms in total. The summed E-state index contributed by atoms with van der Waals surface area (Å²) in [6.07, 6.45) is 1.50. The Balaban J connectivity index is 2.55. The van der Waals surface area contributed by atoms with Gasteiger partial charge in [0.15, 0.2) is 0 Å². The van der Waals surface area contributed by atoms with Gasteiger partial charge >= 0.3 is 5.97 Å². The Morgan fingerprint density at radius 2 is 1.88 bits per heavy atom. The molecule has 1 N–H and O–H groups in total. The molecule has 132 valence electrons. The topological polar surface area (TPSA) is 55.4 Å². The average Bonchev–Trinajstić information content (AvgIpc) is 2.83. The number of amides is 1. The maximum atomic E-state index is 12.6. The van der Waals surface area contributed by atoms with Crippen LogP contribution in [0, 0.1) is 6.92 Å². The maximum absolute atomic E-state index is 12.6. The van der Waals surface area contributed by atoms with Crippen molar-refractivity contribution in [1.82, 2.24) is 0 Å². The molecule has 2 rings (SSSR count). The van der Waals surface area contributed by atoms with Crippen LogP contribution in [0.25, 0.3) is 11.1 Å². The number of thiophene rings is 1. The van der Waals surface area contributed by atoms with Gasteiger partial charge in [0.05, 0.1) is 6.61 Å². The fraction of sp³-hybridized carbons (Fsp3) is 0.263. The van der Waals surface area contributed by atoms with Crippen LogP contribution in [0.3, 0.4) is 0 Å². The minimum atomic E-state index is -0.433. The predicted octanol–water partition coefficient (Wildman–Crippen LogP) is 5.57. The first kappa shape index (κ1) is 19.4. The van der Waals surface area contributed by atoms with E-state index in [1.54, 1.807) is 6.92 Å². The lowest BCUT2D eigenvalue weighted by Crippen LogP contribution is -2.13. The van der Waals surface area contributed by atoms with E-state index in [1.165, 1.54) is 17.4 Å². The van der Waals surface area contributed by atoms with Gasteiger partial charge in [0.1, 0.15) is 10.6 Å². The van der Waals surface area contributed by atoms with E-state index in [1.807, 2.05) is 45.0 Å². The summed E-state index contributed by atoms with van der Waals surface area (Å²) in [5.41, 5.74) is 2.99. The van der Waals surface area contributed by atoms with E-state index >= 15 is 0 Å². The van der Waals surface area contributed by atoms with E-state index in [-0.39, 0.29) is 12.5 Å². The van der Waals surface area contributed by atoms with E-state index < -0.39 is 5.97 Å². The molecular weight excluding hydrogens is 402 g/mol. The molecule has 0 spiro atoms. The number of ether oxygens (including phenoxy) is 1. The van der Waals surface area contributed by atoms with Gasteiger partial charge in [-0.3, -0.25) is 4.79 Å². The van der Waals surface area contributed by atoms with Crippen molar-refractivity contribution in [3.05, 3.63) is 50.8 Å². The minimum absolute atomic E-state index is 0.255. The zero-order valence-electron chi connectivity index (χ0n) is 14.6. The Bertz CT molecular complexity index is 818. The highest BCUT2D eigenvalue weighted by molar-refractivity contribution is 9.10. The first-order chi connectivity index (χ1) is 11.8. The average molecular weight is 422 g/mol. The summed E-state index contributed by atoms with van der Waals surface area (Å²) in [7, 11) is 0. The number of nitrogens with one attached hydrogen (secondary N) is 1. The predicted molar refractivity (Wildman–Crippen MR) is 106 cm³/mol. The molecule has 6 heteroatoms. The van der Waals surface area contributed by atoms with Crippen molar-refractivity contribution in [3.63, 3.8) is 0 Å². The van der Waals surface area contributed by atoms with Crippen LogP contribution in [0.15, 0.2) is 40.4 Å². The number of aryl methyl sites for hydroxylation is 1. The van der Waals surface area contributed by atoms with Crippen molar-refractivity contribution in [1.29, 1.82) is 0 Å². The van der Waals surface area contributed by atoms with Crippen LogP contribution in [-0.4, -0.2) is 18.5 Å². The van der Waals surface area contributed by atoms with Gasteiger partial charge in [-0.15, -0.1) is 11.3 Å². The monoisotopic (exact) mass is 421 g/mol. The normalized spacial score (nSPS) is 10.3. The number of carbonyl (C=O) groups excluding carboxylic acids is 2. The quantitative estimate of drug-likeness (QED) is 0.507. The Labute approximate surface area is 160 Å². The molecule has 0 aliphatic rings. The summed E-state index contributed by atoms with van der Waals surface area (Å²) < 4.78 is 6.18. The number of hydrogen-bond donors (Lipinski definition) is 1. The molecule has 0 saturated heterocycles. The third-order valence-electron chi connectivity index (χ3n) is 3.35. The second-order valence-corrected chi connectivity index (χ2v) is 7.82. The maximum Gasteiger partial charge on any atom is 0.341 e. The molecule has 1 aromatic heterocycles. The number of hydrogen-bond acceptors (Lipinski definition) is 4. The number of anilines is 1. The summed E-state index contributed by atoms with van der Waals surface area (Å²) in [5, 5.41) is 3.33. The lowest BCUT2D eigenvalue weighted by atomic mass is 10.0. The van der Waals surface area contributed by atoms with E-state index in [2.05, 4.69) is 21.2 Å². The molecule has 1 amide bonds. The van der Waals surface area contributed by atoms with Crippen LogP contribution in [0.4, 0.5) is 5.00 Å². The van der Waals surface area contributed by atoms with Gasteiger partial charge in [-0.25, -0.2) is 4.79 Å². The van der Waals surface area contributed by atoms with Gasteiger partial charge in [-0.1, -0.05) is 33.6 Å². The first-order valence-corrected chi connectivity index (χ1v) is 9.46. The van der Waals surface area contributed by atoms with Crippen molar-refractivity contribution >= 4 is 44.1 Å². The minimum Gasteiger partial charge on any atom is -0.462 e. The van der Waals surface area contributed by atoms with Crippen molar-refractivity contribution in [2.24, 2.45) is 0 Å². The summed E-state index contributed by atoms with van der Waals surface area (Å²) in [6.45, 7) is 7.66. The standard InChI is InChI=1S/C19H20BrNO3S/c1-5-24-19(23)17-16(13-6-8-14(20)9-7-13)12(4)25-18(17)21-15(22)10-11(2)3/h6-10H,5H2,1-4H3,(H,21,22). The second kappa shape index (κ2) is 8.45. The van der Waals surface area contributed by atoms with E-state index in [0.717, 1.165) is 26.0 Å². The Morgan fingerprint density at radius 1 is 1.24 bits per heavy atom. The molecule has 0 bridgehead atoms. The van der Waals surface area contributed by atoms with Gasteiger partial charge in [-0.2, -0.15) is 0 Å². The molecule has 0 aliphatic carbocycles. The summed E-state index contributed by atoms with van der Waals surface area (Å²) in [6, 6.07) is 7.71. The van der Waals surface area contributed by atoms with Gasteiger partial charge < -0.3 is 10.1 Å². The number of allylic oxidation sites excluding steroid dienone is 1. The molecule has 1 aromatic carbocycles. The molecule has 25 heavy (non-hydrogen) atoms. The van der Waals surface area contributed by atoms with E-state index in [0.29, 0.717) is 10.6 Å². The highest BCUT2D eigenvalue weighted by atomic mass is 79.9.